The van der Waals surface area contributed by atoms with Gasteiger partial charge in [0.1, 0.15) is 5.01 Å². The average molecular weight is 294 g/mol. The molecule has 3 rings (SSSR count). The predicted molar refractivity (Wildman–Crippen MR) is 89.2 cm³/mol. The maximum absolute atomic E-state index is 4.70. The average Bonchev–Trinajstić information content (AvgIpc) is 3.03. The van der Waals surface area contributed by atoms with E-state index in [4.69, 9.17) is 4.98 Å². The molecule has 0 fully saturated rings. The molecule has 0 aliphatic rings. The fourth-order valence-corrected chi connectivity index (χ4v) is 2.99. The van der Waals surface area contributed by atoms with Crippen molar-refractivity contribution >= 4 is 11.3 Å². The molecule has 0 bridgehead atoms. The molecule has 0 unspecified atom stereocenters. The number of aromatic nitrogens is 1. The Bertz CT molecular complexity index is 677. The van der Waals surface area contributed by atoms with Gasteiger partial charge in [-0.05, 0) is 12.5 Å². The van der Waals surface area contributed by atoms with E-state index in [1.54, 1.807) is 11.3 Å². The summed E-state index contributed by atoms with van der Waals surface area (Å²) < 4.78 is 0. The summed E-state index contributed by atoms with van der Waals surface area (Å²) >= 11 is 1.71. The van der Waals surface area contributed by atoms with Crippen molar-refractivity contribution in [1.82, 2.24) is 10.3 Å². The molecule has 1 atom stereocenters. The maximum Gasteiger partial charge on any atom is 0.107 e. The van der Waals surface area contributed by atoms with Crippen LogP contribution < -0.4 is 5.32 Å². The molecule has 3 aromatic rings. The molecule has 2 nitrogen and oxygen atoms in total. The van der Waals surface area contributed by atoms with Crippen LogP contribution in [-0.2, 0) is 6.54 Å². The van der Waals surface area contributed by atoms with Crippen LogP contribution in [0.1, 0.15) is 23.5 Å². The topological polar surface area (TPSA) is 24.9 Å². The van der Waals surface area contributed by atoms with E-state index in [1.165, 1.54) is 11.1 Å². The molecule has 0 aliphatic heterocycles. The zero-order chi connectivity index (χ0) is 14.5. The molecule has 0 saturated heterocycles. The Morgan fingerprint density at radius 1 is 1.00 bits per heavy atom. The molecule has 106 valence electrons. The SMILES string of the molecule is C[C@@H](NCc1nc(-c2ccccc2)cs1)c1ccccc1. The summed E-state index contributed by atoms with van der Waals surface area (Å²) in [6, 6.07) is 21.1. The molecule has 1 heterocycles. The Kier molecular flexibility index (Phi) is 4.43. The first-order valence-electron chi connectivity index (χ1n) is 7.11. The third kappa shape index (κ3) is 3.57. The molecule has 2 aromatic carbocycles. The molecule has 1 N–H and O–H groups in total. The third-order valence-electron chi connectivity index (χ3n) is 3.48. The summed E-state index contributed by atoms with van der Waals surface area (Å²) in [6.07, 6.45) is 0. The maximum atomic E-state index is 4.70. The minimum Gasteiger partial charge on any atom is -0.304 e. The van der Waals surface area contributed by atoms with Crippen molar-refractivity contribution in [3.05, 3.63) is 76.6 Å². The van der Waals surface area contributed by atoms with Gasteiger partial charge in [-0.15, -0.1) is 11.3 Å². The number of nitrogens with zero attached hydrogens (tertiary/aromatic N) is 1. The summed E-state index contributed by atoms with van der Waals surface area (Å²) in [4.78, 5) is 4.70. The number of nitrogens with one attached hydrogen (secondary N) is 1. The summed E-state index contributed by atoms with van der Waals surface area (Å²) in [5.41, 5.74) is 3.54. The van der Waals surface area contributed by atoms with Crippen molar-refractivity contribution in [2.24, 2.45) is 0 Å². The van der Waals surface area contributed by atoms with Crippen molar-refractivity contribution in [3.8, 4) is 11.3 Å². The van der Waals surface area contributed by atoms with E-state index in [9.17, 15) is 0 Å². The van der Waals surface area contributed by atoms with Gasteiger partial charge < -0.3 is 5.32 Å². The highest BCUT2D eigenvalue weighted by molar-refractivity contribution is 7.09. The van der Waals surface area contributed by atoms with Crippen LogP contribution in [0.4, 0.5) is 0 Å². The van der Waals surface area contributed by atoms with Gasteiger partial charge in [0.25, 0.3) is 0 Å². The first-order chi connectivity index (χ1) is 10.3. The number of hydrogen-bond donors (Lipinski definition) is 1. The fourth-order valence-electron chi connectivity index (χ4n) is 2.23. The van der Waals surface area contributed by atoms with E-state index in [-0.39, 0.29) is 0 Å². The number of benzene rings is 2. The number of hydrogen-bond acceptors (Lipinski definition) is 3. The Hall–Kier alpha value is -1.97. The van der Waals surface area contributed by atoms with Crippen LogP contribution in [0.3, 0.4) is 0 Å². The lowest BCUT2D eigenvalue weighted by atomic mass is 10.1. The van der Waals surface area contributed by atoms with Gasteiger partial charge in [-0.2, -0.15) is 0 Å². The monoisotopic (exact) mass is 294 g/mol. The summed E-state index contributed by atoms with van der Waals surface area (Å²) in [7, 11) is 0. The fraction of sp³-hybridized carbons (Fsp3) is 0.167. The van der Waals surface area contributed by atoms with Gasteiger partial charge in [0, 0.05) is 23.5 Å². The zero-order valence-corrected chi connectivity index (χ0v) is 12.8. The van der Waals surface area contributed by atoms with Gasteiger partial charge in [-0.25, -0.2) is 4.98 Å². The minimum absolute atomic E-state index is 0.329. The van der Waals surface area contributed by atoms with Gasteiger partial charge in [0.2, 0.25) is 0 Å². The van der Waals surface area contributed by atoms with E-state index in [1.807, 2.05) is 24.3 Å². The molecule has 21 heavy (non-hydrogen) atoms. The van der Waals surface area contributed by atoms with Crippen molar-refractivity contribution in [3.63, 3.8) is 0 Å². The van der Waals surface area contributed by atoms with Crippen LogP contribution in [0.15, 0.2) is 66.0 Å². The lowest BCUT2D eigenvalue weighted by Crippen LogP contribution is -2.17. The highest BCUT2D eigenvalue weighted by atomic mass is 32.1. The molecule has 0 radical (unpaired) electrons. The Morgan fingerprint density at radius 2 is 1.67 bits per heavy atom. The quantitative estimate of drug-likeness (QED) is 0.740. The van der Waals surface area contributed by atoms with Crippen LogP contribution in [0, 0.1) is 0 Å². The van der Waals surface area contributed by atoms with E-state index in [0.717, 1.165) is 17.2 Å². The van der Waals surface area contributed by atoms with E-state index < -0.39 is 0 Å². The van der Waals surface area contributed by atoms with Crippen LogP contribution >= 0.6 is 11.3 Å². The van der Waals surface area contributed by atoms with Crippen molar-refractivity contribution in [1.29, 1.82) is 0 Å². The normalized spacial score (nSPS) is 12.2. The van der Waals surface area contributed by atoms with Gasteiger partial charge in [0.05, 0.1) is 5.69 Å². The predicted octanol–water partition coefficient (Wildman–Crippen LogP) is 4.66. The number of rotatable bonds is 5. The standard InChI is InChI=1S/C18H18N2S/c1-14(15-8-4-2-5-9-15)19-12-18-20-17(13-21-18)16-10-6-3-7-11-16/h2-11,13-14,19H,12H2,1H3/t14-/m1/s1. The highest BCUT2D eigenvalue weighted by Crippen LogP contribution is 2.22. The molecular weight excluding hydrogens is 276 g/mol. The second-order valence-corrected chi connectivity index (χ2v) is 5.95. The first kappa shape index (κ1) is 14.0. The lowest BCUT2D eigenvalue weighted by Gasteiger charge is -2.12. The van der Waals surface area contributed by atoms with Crippen molar-refractivity contribution in [2.75, 3.05) is 0 Å². The van der Waals surface area contributed by atoms with Gasteiger partial charge >= 0.3 is 0 Å². The zero-order valence-electron chi connectivity index (χ0n) is 12.0. The molecule has 1 aromatic heterocycles. The summed E-state index contributed by atoms with van der Waals surface area (Å²) in [5.74, 6) is 0. The Labute approximate surface area is 129 Å². The molecule has 0 aliphatic carbocycles. The van der Waals surface area contributed by atoms with E-state index >= 15 is 0 Å². The smallest absolute Gasteiger partial charge is 0.107 e. The lowest BCUT2D eigenvalue weighted by molar-refractivity contribution is 0.573. The van der Waals surface area contributed by atoms with E-state index in [2.05, 4.69) is 54.0 Å². The van der Waals surface area contributed by atoms with Gasteiger partial charge in [-0.1, -0.05) is 60.7 Å². The first-order valence-corrected chi connectivity index (χ1v) is 7.99. The number of thiazole rings is 1. The second-order valence-electron chi connectivity index (χ2n) is 5.01. The van der Waals surface area contributed by atoms with Crippen LogP contribution in [0.25, 0.3) is 11.3 Å². The minimum atomic E-state index is 0.329. The Balaban J connectivity index is 1.63. The van der Waals surface area contributed by atoms with Crippen LogP contribution in [0.2, 0.25) is 0 Å². The van der Waals surface area contributed by atoms with Gasteiger partial charge in [0.15, 0.2) is 0 Å². The highest BCUT2D eigenvalue weighted by Gasteiger charge is 2.07. The Morgan fingerprint density at radius 3 is 2.38 bits per heavy atom. The molecular formula is C18H18N2S. The van der Waals surface area contributed by atoms with Gasteiger partial charge in [-0.3, -0.25) is 0 Å². The van der Waals surface area contributed by atoms with Crippen LogP contribution in [-0.4, -0.2) is 4.98 Å². The largest absolute Gasteiger partial charge is 0.304 e. The molecule has 3 heteroatoms. The van der Waals surface area contributed by atoms with E-state index in [0.29, 0.717) is 6.04 Å². The molecule has 0 amide bonds. The second kappa shape index (κ2) is 6.66. The molecule has 0 spiro atoms. The third-order valence-corrected chi connectivity index (χ3v) is 4.33. The summed E-state index contributed by atoms with van der Waals surface area (Å²) in [6.45, 7) is 2.98. The van der Waals surface area contributed by atoms with Crippen molar-refractivity contribution < 1.29 is 0 Å². The van der Waals surface area contributed by atoms with Crippen molar-refractivity contribution in [2.45, 2.75) is 19.5 Å². The summed E-state index contributed by atoms with van der Waals surface area (Å²) in [5, 5.41) is 6.77. The van der Waals surface area contributed by atoms with Crippen LogP contribution in [0.5, 0.6) is 0 Å². The molecule has 0 saturated carbocycles.